The zero-order chi connectivity index (χ0) is 24.6. The summed E-state index contributed by atoms with van der Waals surface area (Å²) in [6, 6.07) is 11.2. The second kappa shape index (κ2) is 8.80. The van der Waals surface area contributed by atoms with Gasteiger partial charge < -0.3 is 9.30 Å². The Morgan fingerprint density at radius 3 is 2.63 bits per heavy atom. The third-order valence-electron chi connectivity index (χ3n) is 6.16. The number of imidazole rings is 1. The van der Waals surface area contributed by atoms with E-state index in [1.807, 2.05) is 42.0 Å². The first-order valence-corrected chi connectivity index (χ1v) is 11.1. The molecule has 0 aliphatic carbocycles. The number of halogens is 2. The van der Waals surface area contributed by atoms with Crippen molar-refractivity contribution in [3.05, 3.63) is 89.0 Å². The van der Waals surface area contributed by atoms with Gasteiger partial charge in [-0.2, -0.15) is 10.4 Å². The molecule has 0 N–H and O–H groups in total. The molecule has 7 nitrogen and oxygen atoms in total. The van der Waals surface area contributed by atoms with E-state index in [9.17, 15) is 14.0 Å². The molecule has 0 spiro atoms. The van der Waals surface area contributed by atoms with E-state index in [1.54, 1.807) is 24.2 Å². The lowest BCUT2D eigenvalue weighted by molar-refractivity contribution is 0.390. The highest BCUT2D eigenvalue weighted by Crippen LogP contribution is 2.39. The number of fused-ring (bicyclic) bond motifs is 1. The summed E-state index contributed by atoms with van der Waals surface area (Å²) in [6.07, 6.45) is 8.28. The molecular formula is C26H22F2N6O. The topological polar surface area (TPSA) is 81.5 Å². The average Bonchev–Trinajstić information content (AvgIpc) is 3.47. The fourth-order valence-electron chi connectivity index (χ4n) is 4.49. The molecule has 9 heteroatoms. The molecular weight excluding hydrogens is 450 g/mol. The predicted molar refractivity (Wildman–Crippen MR) is 126 cm³/mol. The molecule has 0 fully saturated rings. The van der Waals surface area contributed by atoms with Crippen LogP contribution in [-0.4, -0.2) is 31.4 Å². The lowest BCUT2D eigenvalue weighted by atomic mass is 9.75. The Morgan fingerprint density at radius 1 is 1.14 bits per heavy atom. The summed E-state index contributed by atoms with van der Waals surface area (Å²) in [4.78, 5) is 8.85. The van der Waals surface area contributed by atoms with Crippen LogP contribution in [0.4, 0.5) is 8.78 Å². The molecule has 5 rings (SSSR count). The highest BCUT2D eigenvalue weighted by molar-refractivity contribution is 5.69. The van der Waals surface area contributed by atoms with Gasteiger partial charge in [-0.25, -0.2) is 23.4 Å². The zero-order valence-electron chi connectivity index (χ0n) is 19.2. The third-order valence-corrected chi connectivity index (χ3v) is 6.16. The highest BCUT2D eigenvalue weighted by Gasteiger charge is 2.42. The fraction of sp³-hybridized carbons (Fsp3) is 0.231. The van der Waals surface area contributed by atoms with Crippen LogP contribution in [0.15, 0.2) is 48.9 Å². The van der Waals surface area contributed by atoms with E-state index in [2.05, 4.69) is 21.1 Å². The first-order chi connectivity index (χ1) is 16.9. The first kappa shape index (κ1) is 22.5. The second-order valence-electron chi connectivity index (χ2n) is 8.48. The van der Waals surface area contributed by atoms with E-state index in [4.69, 9.17) is 4.74 Å². The number of nitriles is 1. The molecule has 0 saturated heterocycles. The largest absolute Gasteiger partial charge is 0.495 e. The minimum absolute atomic E-state index is 0.247. The van der Waals surface area contributed by atoms with Crippen molar-refractivity contribution in [3.8, 4) is 17.5 Å². The van der Waals surface area contributed by atoms with Crippen LogP contribution in [0.1, 0.15) is 41.3 Å². The molecule has 0 bridgehead atoms. The molecule has 1 unspecified atom stereocenters. The lowest BCUT2D eigenvalue weighted by Crippen LogP contribution is -2.34. The van der Waals surface area contributed by atoms with E-state index in [0.717, 1.165) is 23.0 Å². The number of ether oxygens (including phenoxy) is 1. The molecule has 1 aliphatic rings. The maximum absolute atomic E-state index is 14.0. The van der Waals surface area contributed by atoms with Crippen LogP contribution in [0.25, 0.3) is 17.8 Å². The highest BCUT2D eigenvalue weighted by atomic mass is 19.1. The van der Waals surface area contributed by atoms with Gasteiger partial charge in [0.15, 0.2) is 11.6 Å². The minimum atomic E-state index is -1.27. The van der Waals surface area contributed by atoms with Crippen molar-refractivity contribution < 1.29 is 13.5 Å². The van der Waals surface area contributed by atoms with Gasteiger partial charge in [0.05, 0.1) is 30.9 Å². The summed E-state index contributed by atoms with van der Waals surface area (Å²) < 4.78 is 37.0. The molecule has 0 saturated carbocycles. The molecule has 1 aliphatic heterocycles. The lowest BCUT2D eigenvalue weighted by Gasteiger charge is -2.30. The molecule has 1 atom stereocenters. The molecule has 2 aromatic heterocycles. The number of benzene rings is 2. The standard InChI is InChI=1S/C26H22F2N6O/c1-17-14-33(16-30-17)22-6-4-18(10-23(22)35-2)5-7-24-31-25-26(15-29,8-3-9-34(25)32-24)19-11-20(27)13-21(28)12-19/h4-7,10-14,16H,3,8-9H2,1-2H3/b7-5+. The van der Waals surface area contributed by atoms with Crippen molar-refractivity contribution in [2.24, 2.45) is 0 Å². The Balaban J connectivity index is 1.48. The van der Waals surface area contributed by atoms with Gasteiger partial charge in [-0.1, -0.05) is 12.1 Å². The first-order valence-electron chi connectivity index (χ1n) is 11.1. The maximum atomic E-state index is 14.0. The zero-order valence-corrected chi connectivity index (χ0v) is 19.2. The number of methoxy groups -OCH3 is 1. The van der Waals surface area contributed by atoms with Gasteiger partial charge in [-0.15, -0.1) is 0 Å². The van der Waals surface area contributed by atoms with Crippen molar-refractivity contribution in [2.45, 2.75) is 31.7 Å². The Bertz CT molecular complexity index is 1460. The normalized spacial score (nSPS) is 17.3. The summed E-state index contributed by atoms with van der Waals surface area (Å²) in [5.41, 5.74) is 1.61. The van der Waals surface area contributed by atoms with Crippen molar-refractivity contribution in [2.75, 3.05) is 7.11 Å². The van der Waals surface area contributed by atoms with E-state index < -0.39 is 17.0 Å². The van der Waals surface area contributed by atoms with Gasteiger partial charge in [0.1, 0.15) is 22.8 Å². The second-order valence-corrected chi connectivity index (χ2v) is 8.48. The van der Waals surface area contributed by atoms with Crippen LogP contribution >= 0.6 is 0 Å². The summed E-state index contributed by atoms with van der Waals surface area (Å²) in [7, 11) is 1.61. The summed E-state index contributed by atoms with van der Waals surface area (Å²) >= 11 is 0. The summed E-state index contributed by atoms with van der Waals surface area (Å²) in [6.45, 7) is 2.49. The fourth-order valence-corrected chi connectivity index (χ4v) is 4.49. The van der Waals surface area contributed by atoms with Crippen molar-refractivity contribution in [3.63, 3.8) is 0 Å². The Hall–Kier alpha value is -4.32. The number of rotatable bonds is 5. The van der Waals surface area contributed by atoms with E-state index in [1.165, 1.54) is 12.1 Å². The Kier molecular flexibility index (Phi) is 5.65. The number of hydrogen-bond donors (Lipinski definition) is 0. The van der Waals surface area contributed by atoms with Gasteiger partial charge in [-0.3, -0.25) is 0 Å². The van der Waals surface area contributed by atoms with E-state index >= 15 is 0 Å². The maximum Gasteiger partial charge on any atom is 0.174 e. The molecule has 4 aromatic rings. The van der Waals surface area contributed by atoms with Crippen LogP contribution in [-0.2, 0) is 12.0 Å². The molecule has 176 valence electrons. The van der Waals surface area contributed by atoms with Crippen LogP contribution in [0.5, 0.6) is 5.75 Å². The van der Waals surface area contributed by atoms with Crippen LogP contribution < -0.4 is 4.74 Å². The number of nitrogens with zero attached hydrogens (tertiary/aromatic N) is 6. The molecule has 3 heterocycles. The number of hydrogen-bond acceptors (Lipinski definition) is 5. The average molecular weight is 472 g/mol. The summed E-state index contributed by atoms with van der Waals surface area (Å²) in [5.74, 6) is 0.0218. The molecule has 0 amide bonds. The number of aryl methyl sites for hydroxylation is 2. The smallest absolute Gasteiger partial charge is 0.174 e. The predicted octanol–water partition coefficient (Wildman–Crippen LogP) is 4.83. The van der Waals surface area contributed by atoms with Gasteiger partial charge >= 0.3 is 0 Å². The minimum Gasteiger partial charge on any atom is -0.495 e. The van der Waals surface area contributed by atoms with Crippen LogP contribution in [0.3, 0.4) is 0 Å². The number of aromatic nitrogens is 5. The molecule has 2 aromatic carbocycles. The van der Waals surface area contributed by atoms with Gasteiger partial charge in [0.2, 0.25) is 0 Å². The Labute approximate surface area is 200 Å². The summed E-state index contributed by atoms with van der Waals surface area (Å²) in [5, 5.41) is 14.6. The van der Waals surface area contributed by atoms with E-state index in [0.29, 0.717) is 36.8 Å². The van der Waals surface area contributed by atoms with Gasteiger partial charge in [0.25, 0.3) is 0 Å². The monoisotopic (exact) mass is 472 g/mol. The van der Waals surface area contributed by atoms with Crippen LogP contribution in [0, 0.1) is 29.9 Å². The van der Waals surface area contributed by atoms with Crippen molar-refractivity contribution in [1.29, 1.82) is 5.26 Å². The van der Waals surface area contributed by atoms with E-state index in [-0.39, 0.29) is 5.56 Å². The molecule has 35 heavy (non-hydrogen) atoms. The quantitative estimate of drug-likeness (QED) is 0.416. The third kappa shape index (κ3) is 4.08. The van der Waals surface area contributed by atoms with Crippen LogP contribution in [0.2, 0.25) is 0 Å². The van der Waals surface area contributed by atoms with Gasteiger partial charge in [0, 0.05) is 18.8 Å². The molecule has 0 radical (unpaired) electrons. The van der Waals surface area contributed by atoms with Crippen molar-refractivity contribution in [1.82, 2.24) is 24.3 Å². The van der Waals surface area contributed by atoms with Gasteiger partial charge in [-0.05, 0) is 61.2 Å². The Morgan fingerprint density at radius 2 is 1.94 bits per heavy atom. The SMILES string of the molecule is COc1cc(/C=C/c2nc3n(n2)CCCC3(C#N)c2cc(F)cc(F)c2)ccc1-n1cnc(C)c1. The van der Waals surface area contributed by atoms with Crippen molar-refractivity contribution >= 4 is 12.2 Å².